The Hall–Kier alpha value is -1.99. The van der Waals surface area contributed by atoms with Gasteiger partial charge in [-0.15, -0.1) is 0 Å². The molecule has 3 N–H and O–H groups in total. The zero-order chi connectivity index (χ0) is 14.5. The first-order chi connectivity index (χ1) is 9.56. The first-order valence-corrected chi connectivity index (χ1v) is 6.26. The number of carbonyl (C=O) groups excluding carboxylic acids is 2. The van der Waals surface area contributed by atoms with Crippen LogP contribution in [0.25, 0.3) is 0 Å². The molecular formula is C13H16FN3O3. The van der Waals surface area contributed by atoms with Gasteiger partial charge in [0, 0.05) is 25.7 Å². The van der Waals surface area contributed by atoms with E-state index in [9.17, 15) is 14.0 Å². The van der Waals surface area contributed by atoms with Crippen molar-refractivity contribution in [1.29, 1.82) is 0 Å². The Kier molecular flexibility index (Phi) is 4.65. The van der Waals surface area contributed by atoms with Crippen LogP contribution in [0.5, 0.6) is 0 Å². The van der Waals surface area contributed by atoms with Gasteiger partial charge >= 0.3 is 0 Å². The highest BCUT2D eigenvalue weighted by molar-refractivity contribution is 5.96. The molecule has 1 saturated heterocycles. The summed E-state index contributed by atoms with van der Waals surface area (Å²) in [5.41, 5.74) is 0.423. The van der Waals surface area contributed by atoms with Gasteiger partial charge in [0.1, 0.15) is 11.9 Å². The van der Waals surface area contributed by atoms with E-state index in [1.165, 1.54) is 25.1 Å². The lowest BCUT2D eigenvalue weighted by Crippen LogP contribution is -2.45. The Morgan fingerprint density at radius 3 is 2.85 bits per heavy atom. The average molecular weight is 281 g/mol. The van der Waals surface area contributed by atoms with E-state index in [0.29, 0.717) is 25.4 Å². The van der Waals surface area contributed by atoms with E-state index in [4.69, 9.17) is 4.74 Å². The molecule has 0 aromatic heterocycles. The molecule has 20 heavy (non-hydrogen) atoms. The smallest absolute Gasteiger partial charge is 0.254 e. The maximum atomic E-state index is 13.7. The molecule has 1 aliphatic heterocycles. The highest BCUT2D eigenvalue weighted by Gasteiger charge is 2.22. The normalized spacial score (nSPS) is 18.4. The van der Waals surface area contributed by atoms with Crippen molar-refractivity contribution in [3.05, 3.63) is 24.0 Å². The third kappa shape index (κ3) is 3.75. The topological polar surface area (TPSA) is 79.5 Å². The molecule has 1 fully saturated rings. The molecule has 7 heteroatoms. The van der Waals surface area contributed by atoms with Crippen LogP contribution in [0.4, 0.5) is 15.8 Å². The van der Waals surface area contributed by atoms with Crippen molar-refractivity contribution in [2.24, 2.45) is 0 Å². The molecule has 108 valence electrons. The van der Waals surface area contributed by atoms with Gasteiger partial charge < -0.3 is 20.7 Å². The molecule has 1 aromatic rings. The third-order valence-corrected chi connectivity index (χ3v) is 2.76. The van der Waals surface area contributed by atoms with Crippen LogP contribution in [-0.2, 0) is 14.3 Å². The maximum absolute atomic E-state index is 13.7. The lowest BCUT2D eigenvalue weighted by molar-refractivity contribution is -0.128. The highest BCUT2D eigenvalue weighted by Crippen LogP contribution is 2.20. The fraction of sp³-hybridized carbons (Fsp3) is 0.385. The quantitative estimate of drug-likeness (QED) is 0.762. The number of ether oxygens (including phenoxy) is 1. The van der Waals surface area contributed by atoms with Crippen molar-refractivity contribution in [2.75, 3.05) is 30.3 Å². The fourth-order valence-corrected chi connectivity index (χ4v) is 1.85. The van der Waals surface area contributed by atoms with Crippen LogP contribution in [0.2, 0.25) is 0 Å². The number of amides is 2. The molecular weight excluding hydrogens is 265 g/mol. The zero-order valence-corrected chi connectivity index (χ0v) is 11.0. The summed E-state index contributed by atoms with van der Waals surface area (Å²) in [5.74, 6) is -1.26. The van der Waals surface area contributed by atoms with E-state index in [1.807, 2.05) is 0 Å². The van der Waals surface area contributed by atoms with Crippen LogP contribution in [0.3, 0.4) is 0 Å². The van der Waals surface area contributed by atoms with Crippen LogP contribution in [0, 0.1) is 5.82 Å². The zero-order valence-electron chi connectivity index (χ0n) is 11.0. The number of hydrogen-bond donors (Lipinski definition) is 3. The van der Waals surface area contributed by atoms with Crippen LogP contribution < -0.4 is 16.0 Å². The van der Waals surface area contributed by atoms with Crippen molar-refractivity contribution < 1.29 is 18.7 Å². The molecule has 1 heterocycles. The summed E-state index contributed by atoms with van der Waals surface area (Å²) in [6, 6.07) is 3.97. The Morgan fingerprint density at radius 2 is 2.20 bits per heavy atom. The molecule has 0 saturated carbocycles. The van der Waals surface area contributed by atoms with Crippen molar-refractivity contribution in [2.45, 2.75) is 13.0 Å². The van der Waals surface area contributed by atoms with Crippen LogP contribution in [0.15, 0.2) is 18.2 Å². The maximum Gasteiger partial charge on any atom is 0.254 e. The molecule has 1 aromatic carbocycles. The van der Waals surface area contributed by atoms with Gasteiger partial charge in [-0.2, -0.15) is 0 Å². The average Bonchev–Trinajstić information content (AvgIpc) is 2.43. The number of hydrogen-bond acceptors (Lipinski definition) is 4. The summed E-state index contributed by atoms with van der Waals surface area (Å²) >= 11 is 0. The lowest BCUT2D eigenvalue weighted by Gasteiger charge is -2.22. The SMILES string of the molecule is CC(=O)Nc1ccc(F)c(NC(=O)C2CNCCO2)c1. The predicted octanol–water partition coefficient (Wildman–Crippen LogP) is 0.711. The predicted molar refractivity (Wildman–Crippen MR) is 71.9 cm³/mol. The summed E-state index contributed by atoms with van der Waals surface area (Å²) in [4.78, 5) is 22.9. The van der Waals surface area contributed by atoms with Crippen LogP contribution in [0.1, 0.15) is 6.92 Å². The first kappa shape index (κ1) is 14.4. The Balaban J connectivity index is 2.07. The molecule has 6 nitrogen and oxygen atoms in total. The number of rotatable bonds is 3. The number of carbonyl (C=O) groups is 2. The van der Waals surface area contributed by atoms with Gasteiger partial charge in [-0.05, 0) is 18.2 Å². The lowest BCUT2D eigenvalue weighted by atomic mass is 10.2. The number of benzene rings is 1. The summed E-state index contributed by atoms with van der Waals surface area (Å²) < 4.78 is 18.9. The van der Waals surface area contributed by atoms with Crippen molar-refractivity contribution in [3.63, 3.8) is 0 Å². The van der Waals surface area contributed by atoms with Gasteiger partial charge in [0.25, 0.3) is 5.91 Å². The summed E-state index contributed by atoms with van der Waals surface area (Å²) in [5, 5.41) is 8.01. The number of halogens is 1. The Labute approximate surface area is 115 Å². The molecule has 0 bridgehead atoms. The third-order valence-electron chi connectivity index (χ3n) is 2.76. The number of nitrogens with one attached hydrogen (secondary N) is 3. The molecule has 1 atom stereocenters. The van der Waals surface area contributed by atoms with Crippen LogP contribution >= 0.6 is 0 Å². The second-order valence-electron chi connectivity index (χ2n) is 4.43. The molecule has 2 rings (SSSR count). The molecule has 0 aliphatic carbocycles. The van der Waals surface area contributed by atoms with Gasteiger partial charge in [0.15, 0.2) is 0 Å². The Morgan fingerprint density at radius 1 is 1.40 bits per heavy atom. The van der Waals surface area contributed by atoms with E-state index >= 15 is 0 Å². The van der Waals surface area contributed by atoms with Crippen LogP contribution in [-0.4, -0.2) is 37.6 Å². The minimum absolute atomic E-state index is 0.00965. The van der Waals surface area contributed by atoms with Gasteiger partial charge in [-0.3, -0.25) is 9.59 Å². The van der Waals surface area contributed by atoms with E-state index in [1.54, 1.807) is 0 Å². The van der Waals surface area contributed by atoms with E-state index < -0.39 is 17.8 Å². The molecule has 1 unspecified atom stereocenters. The standard InChI is InChI=1S/C13H16FN3O3/c1-8(18)16-9-2-3-10(14)11(6-9)17-13(19)12-7-15-4-5-20-12/h2-3,6,12,15H,4-5,7H2,1H3,(H,16,18)(H,17,19). The minimum atomic E-state index is -0.646. The van der Waals surface area contributed by atoms with Gasteiger partial charge in [-0.25, -0.2) is 4.39 Å². The number of morpholine rings is 1. The molecule has 2 amide bonds. The first-order valence-electron chi connectivity index (χ1n) is 6.26. The van der Waals surface area contributed by atoms with Crippen molar-refractivity contribution in [3.8, 4) is 0 Å². The second kappa shape index (κ2) is 6.44. The second-order valence-corrected chi connectivity index (χ2v) is 4.43. The largest absolute Gasteiger partial charge is 0.366 e. The molecule has 0 radical (unpaired) electrons. The van der Waals surface area contributed by atoms with E-state index in [2.05, 4.69) is 16.0 Å². The molecule has 0 spiro atoms. The minimum Gasteiger partial charge on any atom is -0.366 e. The van der Waals surface area contributed by atoms with Gasteiger partial charge in [0.2, 0.25) is 5.91 Å². The van der Waals surface area contributed by atoms with E-state index in [-0.39, 0.29) is 11.6 Å². The summed E-state index contributed by atoms with van der Waals surface area (Å²) in [7, 11) is 0. The van der Waals surface area contributed by atoms with Crippen molar-refractivity contribution in [1.82, 2.24) is 5.32 Å². The number of anilines is 2. The summed E-state index contributed by atoms with van der Waals surface area (Å²) in [6.07, 6.45) is -0.646. The Bertz CT molecular complexity index is 516. The monoisotopic (exact) mass is 281 g/mol. The fourth-order valence-electron chi connectivity index (χ4n) is 1.85. The molecule has 1 aliphatic rings. The van der Waals surface area contributed by atoms with E-state index in [0.717, 1.165) is 0 Å². The van der Waals surface area contributed by atoms with Gasteiger partial charge in [0.05, 0.1) is 12.3 Å². The highest BCUT2D eigenvalue weighted by atomic mass is 19.1. The van der Waals surface area contributed by atoms with Crippen molar-refractivity contribution >= 4 is 23.2 Å². The summed E-state index contributed by atoms with van der Waals surface area (Å²) in [6.45, 7) is 2.87. The van der Waals surface area contributed by atoms with Gasteiger partial charge in [-0.1, -0.05) is 0 Å².